The summed E-state index contributed by atoms with van der Waals surface area (Å²) in [7, 11) is -4.82. The quantitative estimate of drug-likeness (QED) is 0.0289. The maximum Gasteiger partial charge on any atom is 0.469 e. The molecule has 12 nitrogen and oxygen atoms in total. The lowest BCUT2D eigenvalue weighted by molar-refractivity contribution is -0.199. The SMILES string of the molecule is CCCCC[C@H](O)/C=C/[C@H]1OC(O)C[C@H](O)[C@@H]1C/C=C\CCCC(=O)O[C@H](COC(=O)CCCCCCCCC(C)C)COP(=O)(O)O. The van der Waals surface area contributed by atoms with Crippen molar-refractivity contribution in [1.29, 1.82) is 0 Å². The van der Waals surface area contributed by atoms with Crippen molar-refractivity contribution in [2.75, 3.05) is 13.2 Å². The zero-order valence-corrected chi connectivity index (χ0v) is 30.2. The van der Waals surface area contributed by atoms with E-state index in [2.05, 4.69) is 25.3 Å². The summed E-state index contributed by atoms with van der Waals surface area (Å²) in [6, 6.07) is 0. The lowest BCUT2D eigenvalue weighted by Crippen LogP contribution is -2.43. The molecule has 1 aliphatic rings. The zero-order chi connectivity index (χ0) is 35.8. The summed E-state index contributed by atoms with van der Waals surface area (Å²) in [6.07, 6.45) is 15.6. The van der Waals surface area contributed by atoms with Crippen molar-refractivity contribution in [2.24, 2.45) is 11.8 Å². The average molecular weight is 707 g/mol. The van der Waals surface area contributed by atoms with Crippen molar-refractivity contribution >= 4 is 19.8 Å². The Morgan fingerprint density at radius 3 is 2.25 bits per heavy atom. The Labute approximate surface area is 287 Å². The summed E-state index contributed by atoms with van der Waals surface area (Å²) in [6.45, 7) is 5.53. The zero-order valence-electron chi connectivity index (χ0n) is 29.3. The predicted molar refractivity (Wildman–Crippen MR) is 182 cm³/mol. The Balaban J connectivity index is 2.45. The second-order valence-corrected chi connectivity index (χ2v) is 14.4. The van der Waals surface area contributed by atoms with Gasteiger partial charge in [0.05, 0.1) is 24.9 Å². The summed E-state index contributed by atoms with van der Waals surface area (Å²) in [5, 5.41) is 30.7. The van der Waals surface area contributed by atoms with Crippen LogP contribution in [0.2, 0.25) is 0 Å². The van der Waals surface area contributed by atoms with Crippen LogP contribution in [0.3, 0.4) is 0 Å². The smallest absolute Gasteiger partial charge is 0.462 e. The second-order valence-electron chi connectivity index (χ2n) is 13.2. The van der Waals surface area contributed by atoms with Gasteiger partial charge in [0.15, 0.2) is 12.4 Å². The highest BCUT2D eigenvalue weighted by molar-refractivity contribution is 7.46. The van der Waals surface area contributed by atoms with Crippen molar-refractivity contribution in [2.45, 2.75) is 161 Å². The second kappa shape index (κ2) is 26.2. The topological polar surface area (TPSA) is 189 Å². The van der Waals surface area contributed by atoms with Crippen molar-refractivity contribution in [3.05, 3.63) is 24.3 Å². The molecule has 0 bridgehead atoms. The number of carbonyl (C=O) groups is 2. The summed E-state index contributed by atoms with van der Waals surface area (Å²) in [5.74, 6) is -0.696. The van der Waals surface area contributed by atoms with E-state index in [4.69, 9.17) is 24.0 Å². The Hall–Kier alpha value is -1.63. The van der Waals surface area contributed by atoms with Crippen LogP contribution in [0.1, 0.15) is 130 Å². The van der Waals surface area contributed by atoms with Gasteiger partial charge in [-0.15, -0.1) is 0 Å². The van der Waals surface area contributed by atoms with Crippen LogP contribution < -0.4 is 0 Å². The molecule has 1 rings (SSSR count). The van der Waals surface area contributed by atoms with Crippen LogP contribution >= 0.6 is 7.82 Å². The molecule has 0 aromatic heterocycles. The van der Waals surface area contributed by atoms with E-state index in [1.54, 1.807) is 12.2 Å². The molecule has 0 radical (unpaired) electrons. The molecule has 0 spiro atoms. The maximum atomic E-state index is 12.4. The molecule has 5 N–H and O–H groups in total. The molecule has 1 saturated heterocycles. The third-order valence-corrected chi connectivity index (χ3v) is 8.68. The van der Waals surface area contributed by atoms with E-state index in [1.165, 1.54) is 19.3 Å². The van der Waals surface area contributed by atoms with E-state index in [0.717, 1.165) is 38.5 Å². The molecule has 1 heterocycles. The van der Waals surface area contributed by atoms with Gasteiger partial charge >= 0.3 is 19.8 Å². The maximum absolute atomic E-state index is 12.4. The van der Waals surface area contributed by atoms with Crippen LogP contribution in [-0.4, -0.2) is 81.0 Å². The number of aliphatic hydroxyl groups excluding tert-OH is 3. The highest BCUT2D eigenvalue weighted by atomic mass is 31.2. The third-order valence-electron chi connectivity index (χ3n) is 8.20. The molecule has 1 fully saturated rings. The first-order valence-corrected chi connectivity index (χ1v) is 19.4. The minimum absolute atomic E-state index is 0.0184. The van der Waals surface area contributed by atoms with Gasteiger partial charge in [-0.1, -0.05) is 103 Å². The Morgan fingerprint density at radius 2 is 1.56 bits per heavy atom. The van der Waals surface area contributed by atoms with Gasteiger partial charge in [-0.2, -0.15) is 0 Å². The first-order valence-electron chi connectivity index (χ1n) is 17.9. The Kier molecular flexibility index (Phi) is 24.2. The van der Waals surface area contributed by atoms with Gasteiger partial charge in [0.25, 0.3) is 0 Å². The minimum atomic E-state index is -4.82. The van der Waals surface area contributed by atoms with E-state index >= 15 is 0 Å². The molecule has 0 aromatic rings. The van der Waals surface area contributed by atoms with Crippen LogP contribution in [0, 0.1) is 11.8 Å². The molecule has 13 heteroatoms. The molecule has 48 heavy (non-hydrogen) atoms. The first kappa shape index (κ1) is 44.4. The third kappa shape index (κ3) is 23.7. The number of rotatable bonds is 27. The number of unbranched alkanes of at least 4 members (excludes halogenated alkanes) is 8. The number of hydrogen-bond acceptors (Lipinski definition) is 10. The molecule has 6 atom stereocenters. The number of phosphoric acid groups is 1. The van der Waals surface area contributed by atoms with E-state index in [1.807, 2.05) is 12.2 Å². The molecule has 0 aromatic carbocycles. The summed E-state index contributed by atoms with van der Waals surface area (Å²) < 4.78 is 31.8. The summed E-state index contributed by atoms with van der Waals surface area (Å²) in [5.41, 5.74) is 0. The number of allylic oxidation sites excluding steroid dienone is 2. The molecule has 280 valence electrons. The van der Waals surface area contributed by atoms with Gasteiger partial charge in [0.2, 0.25) is 0 Å². The molecule has 0 aliphatic carbocycles. The molecule has 1 aliphatic heterocycles. The Bertz CT molecular complexity index is 965. The van der Waals surface area contributed by atoms with Gasteiger partial charge in [0, 0.05) is 25.2 Å². The van der Waals surface area contributed by atoms with Crippen LogP contribution in [0.15, 0.2) is 24.3 Å². The van der Waals surface area contributed by atoms with E-state index in [9.17, 15) is 29.5 Å². The highest BCUT2D eigenvalue weighted by Gasteiger charge is 2.35. The van der Waals surface area contributed by atoms with Crippen molar-refractivity contribution in [1.82, 2.24) is 0 Å². The monoisotopic (exact) mass is 706 g/mol. The van der Waals surface area contributed by atoms with Crippen molar-refractivity contribution < 1.29 is 58.0 Å². The number of aliphatic hydroxyl groups is 3. The lowest BCUT2D eigenvalue weighted by Gasteiger charge is -2.36. The predicted octanol–water partition coefficient (Wildman–Crippen LogP) is 6.03. The van der Waals surface area contributed by atoms with Gasteiger partial charge in [-0.3, -0.25) is 14.1 Å². The normalized spacial score (nSPS) is 21.6. The van der Waals surface area contributed by atoms with E-state index in [0.29, 0.717) is 38.0 Å². The van der Waals surface area contributed by atoms with Gasteiger partial charge in [-0.05, 0) is 38.0 Å². The standard InChI is InChI=1S/C35H63O12P/c1-4-5-12-18-28(36)22-23-32-30(31(37)24-35(40)47-32)19-14-10-11-16-21-34(39)46-29(26-45-48(41,42)43)25-44-33(38)20-15-9-7-6-8-13-17-27(2)3/h10,14,22-23,27-32,35-37,40H,4-9,11-13,15-21,24-26H2,1-3H3,(H2,41,42,43)/b14-10-,23-22+/t28-,29+,30-,31-,32+,35?/m0/s1. The molecular formula is C35H63O12P. The number of hydrogen-bond donors (Lipinski definition) is 5. The minimum Gasteiger partial charge on any atom is -0.462 e. The fourth-order valence-electron chi connectivity index (χ4n) is 5.42. The lowest BCUT2D eigenvalue weighted by atomic mass is 9.87. The van der Waals surface area contributed by atoms with Gasteiger partial charge < -0.3 is 39.3 Å². The van der Waals surface area contributed by atoms with Gasteiger partial charge in [0.1, 0.15) is 6.61 Å². The number of phosphoric ester groups is 1. The summed E-state index contributed by atoms with van der Waals surface area (Å²) in [4.78, 5) is 42.8. The highest BCUT2D eigenvalue weighted by Crippen LogP contribution is 2.36. The number of esters is 2. The van der Waals surface area contributed by atoms with Crippen LogP contribution in [0.5, 0.6) is 0 Å². The van der Waals surface area contributed by atoms with Crippen molar-refractivity contribution in [3.8, 4) is 0 Å². The molecule has 1 unspecified atom stereocenters. The van der Waals surface area contributed by atoms with Crippen LogP contribution in [0.25, 0.3) is 0 Å². The van der Waals surface area contributed by atoms with Crippen LogP contribution in [0.4, 0.5) is 0 Å². The molecule has 0 amide bonds. The fraction of sp³-hybridized carbons (Fsp3) is 0.829. The summed E-state index contributed by atoms with van der Waals surface area (Å²) >= 11 is 0. The van der Waals surface area contributed by atoms with E-state index in [-0.39, 0.29) is 31.8 Å². The molecular weight excluding hydrogens is 643 g/mol. The van der Waals surface area contributed by atoms with Gasteiger partial charge in [-0.25, -0.2) is 4.57 Å². The molecule has 0 saturated carbocycles. The first-order chi connectivity index (χ1) is 22.8. The van der Waals surface area contributed by atoms with E-state index < -0.39 is 57.1 Å². The largest absolute Gasteiger partial charge is 0.469 e. The Morgan fingerprint density at radius 1 is 0.896 bits per heavy atom. The van der Waals surface area contributed by atoms with Crippen molar-refractivity contribution in [3.63, 3.8) is 0 Å². The average Bonchev–Trinajstić information content (AvgIpc) is 3.00. The fourth-order valence-corrected chi connectivity index (χ4v) is 5.78. The number of carbonyl (C=O) groups excluding carboxylic acids is 2. The van der Waals surface area contributed by atoms with Crippen LogP contribution in [-0.2, 0) is 32.9 Å². The number of ether oxygens (including phenoxy) is 3.